The molecule has 8 heteroatoms. The molecule has 1 aromatic rings. The van der Waals surface area contributed by atoms with E-state index >= 15 is 0 Å². The predicted molar refractivity (Wildman–Crippen MR) is 78.4 cm³/mol. The van der Waals surface area contributed by atoms with Gasteiger partial charge in [-0.15, -0.1) is 0 Å². The van der Waals surface area contributed by atoms with Crippen LogP contribution in [0, 0.1) is 0 Å². The Bertz CT molecular complexity index is 618. The van der Waals surface area contributed by atoms with E-state index in [9.17, 15) is 22.8 Å². The Morgan fingerprint density at radius 3 is 2.67 bits per heavy atom. The second-order valence-electron chi connectivity index (χ2n) is 5.71. The van der Waals surface area contributed by atoms with Crippen LogP contribution < -0.4 is 0 Å². The van der Waals surface area contributed by atoms with Gasteiger partial charge in [0.15, 0.2) is 6.04 Å². The lowest BCUT2D eigenvalue weighted by molar-refractivity contribution is -0.158. The second kappa shape index (κ2) is 7.21. The number of hydrogen-bond acceptors (Lipinski definition) is 3. The zero-order valence-electron chi connectivity index (χ0n) is 13.0. The van der Waals surface area contributed by atoms with E-state index in [2.05, 4.69) is 0 Å². The van der Waals surface area contributed by atoms with Crippen LogP contribution in [0.15, 0.2) is 24.3 Å². The van der Waals surface area contributed by atoms with Crippen molar-refractivity contribution in [3.63, 3.8) is 0 Å². The summed E-state index contributed by atoms with van der Waals surface area (Å²) in [5.74, 6) is -2.37. The van der Waals surface area contributed by atoms with Crippen LogP contribution in [0.25, 0.3) is 0 Å². The fourth-order valence-corrected chi connectivity index (χ4v) is 2.78. The highest BCUT2D eigenvalue weighted by molar-refractivity contribution is 5.84. The van der Waals surface area contributed by atoms with E-state index in [0.29, 0.717) is 0 Å². The van der Waals surface area contributed by atoms with Crippen molar-refractivity contribution in [1.82, 2.24) is 4.90 Å². The van der Waals surface area contributed by atoms with E-state index in [1.54, 1.807) is 0 Å². The first-order chi connectivity index (χ1) is 11.2. The Labute approximate surface area is 137 Å². The molecule has 2 atom stereocenters. The number of carboxylic acids is 1. The molecule has 1 aliphatic rings. The van der Waals surface area contributed by atoms with Crippen LogP contribution in [-0.2, 0) is 20.5 Å². The first kappa shape index (κ1) is 18.3. The van der Waals surface area contributed by atoms with E-state index in [-0.39, 0.29) is 31.7 Å². The fourth-order valence-electron chi connectivity index (χ4n) is 2.78. The molecule has 24 heavy (non-hydrogen) atoms. The molecule has 0 radical (unpaired) electrons. The van der Waals surface area contributed by atoms with Gasteiger partial charge in [0.25, 0.3) is 0 Å². The SMILES string of the molecule is C[C@H](CC(=O)N1CCOC[C@H]1C(=O)O)c1ccccc1C(F)(F)F. The number of rotatable bonds is 4. The molecule has 1 N–H and O–H groups in total. The fraction of sp³-hybridized carbons (Fsp3) is 0.500. The monoisotopic (exact) mass is 345 g/mol. The van der Waals surface area contributed by atoms with E-state index in [4.69, 9.17) is 9.84 Å². The Hall–Kier alpha value is -2.09. The second-order valence-corrected chi connectivity index (χ2v) is 5.71. The summed E-state index contributed by atoms with van der Waals surface area (Å²) < 4.78 is 44.3. The van der Waals surface area contributed by atoms with Gasteiger partial charge in [-0.05, 0) is 17.5 Å². The van der Waals surface area contributed by atoms with Gasteiger partial charge in [-0.3, -0.25) is 4.79 Å². The third-order valence-electron chi connectivity index (χ3n) is 4.01. The lowest BCUT2D eigenvalue weighted by Gasteiger charge is -2.33. The molecule has 1 aromatic carbocycles. The van der Waals surface area contributed by atoms with E-state index in [1.807, 2.05) is 0 Å². The quantitative estimate of drug-likeness (QED) is 0.911. The largest absolute Gasteiger partial charge is 0.480 e. The highest BCUT2D eigenvalue weighted by Gasteiger charge is 2.36. The molecule has 0 unspecified atom stereocenters. The zero-order valence-corrected chi connectivity index (χ0v) is 13.0. The maximum Gasteiger partial charge on any atom is 0.416 e. The number of carbonyl (C=O) groups excluding carboxylic acids is 1. The molecule has 0 aliphatic carbocycles. The number of benzene rings is 1. The zero-order chi connectivity index (χ0) is 17.9. The van der Waals surface area contributed by atoms with Crippen molar-refractivity contribution in [1.29, 1.82) is 0 Å². The molecular formula is C16H18F3NO4. The summed E-state index contributed by atoms with van der Waals surface area (Å²) in [6, 6.07) is 4.00. The molecule has 1 aliphatic heterocycles. The molecule has 1 saturated heterocycles. The summed E-state index contributed by atoms with van der Waals surface area (Å²) in [6.07, 6.45) is -4.70. The summed E-state index contributed by atoms with van der Waals surface area (Å²) in [4.78, 5) is 24.7. The van der Waals surface area contributed by atoms with Crippen LogP contribution in [0.4, 0.5) is 13.2 Å². The average molecular weight is 345 g/mol. The smallest absolute Gasteiger partial charge is 0.416 e. The number of nitrogens with zero attached hydrogens (tertiary/aromatic N) is 1. The Morgan fingerprint density at radius 1 is 1.38 bits per heavy atom. The minimum absolute atomic E-state index is 0.0264. The predicted octanol–water partition coefficient (Wildman–Crippen LogP) is 2.51. The van der Waals surface area contributed by atoms with Crippen LogP contribution in [0.5, 0.6) is 0 Å². The molecule has 0 saturated carbocycles. The normalized spacial score (nSPS) is 19.8. The molecule has 1 amide bonds. The van der Waals surface area contributed by atoms with Crippen molar-refractivity contribution in [2.24, 2.45) is 0 Å². The van der Waals surface area contributed by atoms with Crippen molar-refractivity contribution in [3.8, 4) is 0 Å². The third kappa shape index (κ3) is 4.05. The molecular weight excluding hydrogens is 327 g/mol. The number of alkyl halides is 3. The maximum absolute atomic E-state index is 13.1. The molecule has 0 bridgehead atoms. The van der Waals surface area contributed by atoms with Crippen molar-refractivity contribution < 1.29 is 32.6 Å². The first-order valence-electron chi connectivity index (χ1n) is 7.48. The van der Waals surface area contributed by atoms with Gasteiger partial charge >= 0.3 is 12.1 Å². The van der Waals surface area contributed by atoms with Gasteiger partial charge in [0, 0.05) is 13.0 Å². The van der Waals surface area contributed by atoms with Crippen molar-refractivity contribution in [3.05, 3.63) is 35.4 Å². The molecule has 132 valence electrons. The van der Waals surface area contributed by atoms with Crippen molar-refractivity contribution in [2.75, 3.05) is 19.8 Å². The van der Waals surface area contributed by atoms with Crippen LogP contribution in [0.3, 0.4) is 0 Å². The van der Waals surface area contributed by atoms with Crippen LogP contribution in [0.1, 0.15) is 30.4 Å². The van der Waals surface area contributed by atoms with Crippen molar-refractivity contribution in [2.45, 2.75) is 31.5 Å². The van der Waals surface area contributed by atoms with E-state index < -0.39 is 35.6 Å². The number of carboxylic acid groups (broad SMARTS) is 1. The lowest BCUT2D eigenvalue weighted by Crippen LogP contribution is -2.52. The molecule has 2 rings (SSSR count). The molecule has 1 heterocycles. The van der Waals surface area contributed by atoms with Crippen LogP contribution >= 0.6 is 0 Å². The van der Waals surface area contributed by atoms with Gasteiger partial charge in [-0.2, -0.15) is 13.2 Å². The molecule has 0 aromatic heterocycles. The van der Waals surface area contributed by atoms with E-state index in [0.717, 1.165) is 6.07 Å². The standard InChI is InChI=1S/C16H18F3NO4/c1-10(11-4-2-3-5-12(11)16(17,18)19)8-14(21)20-6-7-24-9-13(20)15(22)23/h2-5,10,13H,6-9H2,1H3,(H,22,23)/t10-,13+/m1/s1. The Morgan fingerprint density at radius 2 is 2.04 bits per heavy atom. The minimum atomic E-state index is -4.50. The van der Waals surface area contributed by atoms with Gasteiger partial charge in [-0.1, -0.05) is 25.1 Å². The molecule has 1 fully saturated rings. The average Bonchev–Trinajstić information content (AvgIpc) is 2.53. The molecule has 5 nitrogen and oxygen atoms in total. The number of hydrogen-bond donors (Lipinski definition) is 1. The first-order valence-corrected chi connectivity index (χ1v) is 7.48. The van der Waals surface area contributed by atoms with Crippen molar-refractivity contribution >= 4 is 11.9 Å². The summed E-state index contributed by atoms with van der Waals surface area (Å²) in [5.41, 5.74) is -0.749. The highest BCUT2D eigenvalue weighted by Crippen LogP contribution is 2.36. The minimum Gasteiger partial charge on any atom is -0.480 e. The highest BCUT2D eigenvalue weighted by atomic mass is 19.4. The molecule has 0 spiro atoms. The Balaban J connectivity index is 2.16. The van der Waals surface area contributed by atoms with Gasteiger partial charge < -0.3 is 14.7 Å². The van der Waals surface area contributed by atoms with Gasteiger partial charge in [0.1, 0.15) is 0 Å². The Kier molecular flexibility index (Phi) is 5.48. The third-order valence-corrected chi connectivity index (χ3v) is 4.01. The number of morpholine rings is 1. The maximum atomic E-state index is 13.1. The number of aliphatic carboxylic acids is 1. The number of amides is 1. The topological polar surface area (TPSA) is 66.8 Å². The lowest BCUT2D eigenvalue weighted by atomic mass is 9.92. The van der Waals surface area contributed by atoms with Gasteiger partial charge in [0.05, 0.1) is 18.8 Å². The van der Waals surface area contributed by atoms with E-state index in [1.165, 1.54) is 30.0 Å². The number of halogens is 3. The van der Waals surface area contributed by atoms with Gasteiger partial charge in [0.2, 0.25) is 5.91 Å². The number of carbonyl (C=O) groups is 2. The summed E-state index contributed by atoms with van der Waals surface area (Å²) in [6.45, 7) is 1.74. The summed E-state index contributed by atoms with van der Waals surface area (Å²) in [7, 11) is 0. The van der Waals surface area contributed by atoms with Gasteiger partial charge in [-0.25, -0.2) is 4.79 Å². The summed E-state index contributed by atoms with van der Waals surface area (Å²) in [5, 5.41) is 9.14. The van der Waals surface area contributed by atoms with Crippen LogP contribution in [0.2, 0.25) is 0 Å². The summed E-state index contributed by atoms with van der Waals surface area (Å²) >= 11 is 0. The van der Waals surface area contributed by atoms with Crippen LogP contribution in [-0.4, -0.2) is 47.7 Å². The number of ether oxygens (including phenoxy) is 1.